The average molecular weight is 471 g/mol. The normalized spacial score (nSPS) is 15.9. The van der Waals surface area contributed by atoms with E-state index in [0.29, 0.717) is 35.4 Å². The zero-order valence-electron chi connectivity index (χ0n) is 15.7. The lowest BCUT2D eigenvalue weighted by atomic mass is 10.1. The van der Waals surface area contributed by atoms with Crippen molar-refractivity contribution in [2.24, 2.45) is 0 Å². The fourth-order valence-electron chi connectivity index (χ4n) is 2.58. The first-order valence-corrected chi connectivity index (χ1v) is 11.3. The lowest BCUT2D eigenvalue weighted by Crippen LogP contribution is -2.34. The van der Waals surface area contributed by atoms with E-state index < -0.39 is 55.5 Å². The molecule has 0 amide bonds. The SMILES string of the molecule is CN(C)S(=O)(=O)n1cnc(S(=O)(=O)N(Cc2ccc(F)c(C(F)(F)F)c2)C2CC2)n1. The molecule has 15 heteroatoms. The van der Waals surface area contributed by atoms with Gasteiger partial charge in [0.1, 0.15) is 12.1 Å². The number of alkyl halides is 3. The Morgan fingerprint density at radius 1 is 1.17 bits per heavy atom. The molecule has 0 N–H and O–H groups in total. The molecule has 1 aliphatic rings. The third kappa shape index (κ3) is 4.33. The summed E-state index contributed by atoms with van der Waals surface area (Å²) in [5.41, 5.74) is -1.59. The molecule has 0 atom stereocenters. The van der Waals surface area contributed by atoms with Gasteiger partial charge in [-0.3, -0.25) is 0 Å². The quantitative estimate of drug-likeness (QED) is 0.566. The van der Waals surface area contributed by atoms with E-state index in [-0.39, 0.29) is 5.56 Å². The number of hydrogen-bond donors (Lipinski definition) is 0. The largest absolute Gasteiger partial charge is 0.419 e. The van der Waals surface area contributed by atoms with Gasteiger partial charge >= 0.3 is 16.4 Å². The van der Waals surface area contributed by atoms with Crippen LogP contribution >= 0.6 is 0 Å². The second-order valence-corrected chi connectivity index (χ2v) is 10.6. The van der Waals surface area contributed by atoms with E-state index >= 15 is 0 Å². The summed E-state index contributed by atoms with van der Waals surface area (Å²) in [6, 6.07) is 1.71. The van der Waals surface area contributed by atoms with E-state index in [1.807, 2.05) is 0 Å². The Morgan fingerprint density at radius 2 is 1.80 bits per heavy atom. The predicted octanol–water partition coefficient (Wildman–Crippen LogP) is 1.44. The fourth-order valence-corrected chi connectivity index (χ4v) is 4.81. The van der Waals surface area contributed by atoms with Gasteiger partial charge in [0, 0.05) is 26.7 Å². The number of halogens is 4. The van der Waals surface area contributed by atoms with Gasteiger partial charge in [0.25, 0.3) is 15.2 Å². The summed E-state index contributed by atoms with van der Waals surface area (Å²) < 4.78 is 105. The second kappa shape index (κ2) is 7.55. The lowest BCUT2D eigenvalue weighted by molar-refractivity contribution is -0.140. The Kier molecular flexibility index (Phi) is 5.68. The molecule has 1 aromatic carbocycles. The molecule has 30 heavy (non-hydrogen) atoms. The minimum Gasteiger partial charge on any atom is -0.206 e. The van der Waals surface area contributed by atoms with Gasteiger partial charge in [0.2, 0.25) is 0 Å². The number of rotatable bonds is 7. The van der Waals surface area contributed by atoms with Gasteiger partial charge in [0.05, 0.1) is 5.56 Å². The first-order valence-electron chi connectivity index (χ1n) is 8.46. The number of benzene rings is 1. The Morgan fingerprint density at radius 3 is 2.33 bits per heavy atom. The summed E-state index contributed by atoms with van der Waals surface area (Å²) in [6.07, 6.45) is -3.30. The molecule has 166 valence electrons. The van der Waals surface area contributed by atoms with Crippen molar-refractivity contribution in [2.75, 3.05) is 14.1 Å². The van der Waals surface area contributed by atoms with Crippen LogP contribution < -0.4 is 0 Å². The minimum absolute atomic E-state index is 0.0838. The first-order chi connectivity index (χ1) is 13.7. The summed E-state index contributed by atoms with van der Waals surface area (Å²) >= 11 is 0. The van der Waals surface area contributed by atoms with Crippen LogP contribution in [0, 0.1) is 5.82 Å². The van der Waals surface area contributed by atoms with Crippen molar-refractivity contribution in [3.8, 4) is 0 Å². The van der Waals surface area contributed by atoms with Crippen LogP contribution in [0.25, 0.3) is 0 Å². The first kappa shape index (κ1) is 22.6. The van der Waals surface area contributed by atoms with E-state index in [4.69, 9.17) is 0 Å². The molecule has 0 saturated heterocycles. The van der Waals surface area contributed by atoms with Crippen LogP contribution in [0.4, 0.5) is 17.6 Å². The molecule has 0 spiro atoms. The maximum absolute atomic E-state index is 13.5. The van der Waals surface area contributed by atoms with Crippen LogP contribution in [-0.4, -0.2) is 59.8 Å². The molecule has 0 aliphatic heterocycles. The van der Waals surface area contributed by atoms with Crippen LogP contribution in [0.2, 0.25) is 0 Å². The Labute approximate surface area is 170 Å². The van der Waals surface area contributed by atoms with Gasteiger partial charge in [-0.2, -0.15) is 30.2 Å². The smallest absolute Gasteiger partial charge is 0.206 e. The molecule has 0 unspecified atom stereocenters. The van der Waals surface area contributed by atoms with Crippen molar-refractivity contribution in [2.45, 2.75) is 36.8 Å². The topological polar surface area (TPSA) is 105 Å². The zero-order chi connectivity index (χ0) is 22.5. The summed E-state index contributed by atoms with van der Waals surface area (Å²) in [6.45, 7) is -0.481. The van der Waals surface area contributed by atoms with Gasteiger partial charge in [-0.25, -0.2) is 17.8 Å². The van der Waals surface area contributed by atoms with Gasteiger partial charge in [-0.1, -0.05) is 6.07 Å². The molecule has 0 bridgehead atoms. The highest BCUT2D eigenvalue weighted by Crippen LogP contribution is 2.35. The summed E-state index contributed by atoms with van der Waals surface area (Å²) in [5.74, 6) is -1.47. The maximum atomic E-state index is 13.5. The van der Waals surface area contributed by atoms with E-state index in [2.05, 4.69) is 10.1 Å². The van der Waals surface area contributed by atoms with E-state index in [9.17, 15) is 34.4 Å². The van der Waals surface area contributed by atoms with Crippen molar-refractivity contribution in [3.63, 3.8) is 0 Å². The molecule has 1 aromatic heterocycles. The Hall–Kier alpha value is -2.10. The van der Waals surface area contributed by atoms with Crippen LogP contribution in [0.5, 0.6) is 0 Å². The maximum Gasteiger partial charge on any atom is 0.419 e. The van der Waals surface area contributed by atoms with Crippen molar-refractivity contribution in [3.05, 3.63) is 41.5 Å². The highest BCUT2D eigenvalue weighted by atomic mass is 32.2. The molecule has 2 aromatic rings. The van der Waals surface area contributed by atoms with E-state index in [1.165, 1.54) is 14.1 Å². The average Bonchev–Trinajstić information content (AvgIpc) is 3.32. The molecule has 1 heterocycles. The van der Waals surface area contributed by atoms with Crippen LogP contribution in [0.15, 0.2) is 29.7 Å². The number of sulfonamides is 1. The van der Waals surface area contributed by atoms with Crippen molar-refractivity contribution in [1.82, 2.24) is 22.8 Å². The third-order valence-corrected chi connectivity index (χ3v) is 7.58. The fraction of sp³-hybridized carbons (Fsp3) is 0.467. The third-order valence-electron chi connectivity index (χ3n) is 4.32. The monoisotopic (exact) mass is 471 g/mol. The predicted molar refractivity (Wildman–Crippen MR) is 95.2 cm³/mol. The van der Waals surface area contributed by atoms with Gasteiger partial charge in [-0.05, 0) is 30.5 Å². The van der Waals surface area contributed by atoms with E-state index in [0.717, 1.165) is 14.7 Å². The van der Waals surface area contributed by atoms with Gasteiger partial charge in [0.15, 0.2) is 0 Å². The lowest BCUT2D eigenvalue weighted by Gasteiger charge is -2.21. The molecule has 1 aliphatic carbocycles. The van der Waals surface area contributed by atoms with Crippen molar-refractivity contribution < 1.29 is 34.4 Å². The van der Waals surface area contributed by atoms with Crippen LogP contribution in [0.1, 0.15) is 24.0 Å². The molecular formula is C15H17F4N5O4S2. The summed E-state index contributed by atoms with van der Waals surface area (Å²) in [4.78, 5) is 3.56. The van der Waals surface area contributed by atoms with Crippen LogP contribution in [0.3, 0.4) is 0 Å². The number of nitrogens with zero attached hydrogens (tertiary/aromatic N) is 5. The van der Waals surface area contributed by atoms with Crippen molar-refractivity contribution >= 4 is 20.2 Å². The van der Waals surface area contributed by atoms with Crippen LogP contribution in [-0.2, 0) is 33.0 Å². The minimum atomic E-state index is -4.94. The number of hydrogen-bond acceptors (Lipinski definition) is 6. The van der Waals surface area contributed by atoms with Crippen molar-refractivity contribution in [1.29, 1.82) is 0 Å². The zero-order valence-corrected chi connectivity index (χ0v) is 17.3. The molecule has 1 saturated carbocycles. The Bertz CT molecular complexity index is 1160. The second-order valence-electron chi connectivity index (χ2n) is 6.78. The molecule has 9 nitrogen and oxygen atoms in total. The summed E-state index contributed by atoms with van der Waals surface area (Å²) in [5, 5.41) is 2.72. The molecule has 1 fully saturated rings. The van der Waals surface area contributed by atoms with Gasteiger partial charge in [-0.15, -0.1) is 9.19 Å². The molecule has 0 radical (unpaired) electrons. The molecular weight excluding hydrogens is 454 g/mol. The van der Waals surface area contributed by atoms with E-state index in [1.54, 1.807) is 0 Å². The summed E-state index contributed by atoms with van der Waals surface area (Å²) in [7, 11) is -6.10. The highest BCUT2D eigenvalue weighted by molar-refractivity contribution is 7.89. The number of aromatic nitrogens is 3. The Balaban J connectivity index is 1.95. The highest BCUT2D eigenvalue weighted by Gasteiger charge is 2.41. The molecule has 3 rings (SSSR count). The van der Waals surface area contributed by atoms with Gasteiger partial charge < -0.3 is 0 Å². The standard InChI is InChI=1S/C15H17F4N5O4S2/c1-22(2)30(27,28)24-9-20-14(21-24)29(25,26)23(11-4-5-11)8-10-3-6-13(16)12(7-10)15(17,18)19/h3,6-7,9,11H,4-5,8H2,1-2H3.